The van der Waals surface area contributed by atoms with Crippen molar-refractivity contribution < 1.29 is 9.26 Å². The summed E-state index contributed by atoms with van der Waals surface area (Å²) in [7, 11) is 1.65. The number of hydrogen-bond acceptors (Lipinski definition) is 6. The number of ether oxygens (including phenoxy) is 1. The Kier molecular flexibility index (Phi) is 4.20. The molecule has 90 valence electrons. The minimum Gasteiger partial charge on any atom is -0.385 e. The van der Waals surface area contributed by atoms with Crippen molar-refractivity contribution in [2.75, 3.05) is 19.5 Å². The van der Waals surface area contributed by atoms with Gasteiger partial charge in [-0.05, 0) is 25.0 Å². The predicted molar refractivity (Wildman–Crippen MR) is 62.2 cm³/mol. The highest BCUT2D eigenvalue weighted by Gasteiger charge is 2.24. The van der Waals surface area contributed by atoms with E-state index in [9.17, 15) is 0 Å². The molecule has 0 aliphatic carbocycles. The van der Waals surface area contributed by atoms with Crippen LogP contribution in [0.5, 0.6) is 0 Å². The summed E-state index contributed by atoms with van der Waals surface area (Å²) in [4.78, 5) is 4.37. The Morgan fingerprint density at radius 1 is 1.69 bits per heavy atom. The van der Waals surface area contributed by atoms with Crippen LogP contribution in [0.3, 0.4) is 0 Å². The molecule has 0 aromatic carbocycles. The van der Waals surface area contributed by atoms with Crippen LogP contribution in [0.2, 0.25) is 0 Å². The van der Waals surface area contributed by atoms with Crippen LogP contribution in [0.1, 0.15) is 42.3 Å². The molecule has 6 heteroatoms. The van der Waals surface area contributed by atoms with Gasteiger partial charge in [-0.2, -0.15) is 16.7 Å². The van der Waals surface area contributed by atoms with E-state index in [2.05, 4.69) is 10.1 Å². The van der Waals surface area contributed by atoms with E-state index < -0.39 is 0 Å². The van der Waals surface area contributed by atoms with Crippen molar-refractivity contribution in [1.82, 2.24) is 10.1 Å². The van der Waals surface area contributed by atoms with Gasteiger partial charge in [0.15, 0.2) is 5.82 Å². The Balaban J connectivity index is 1.95. The largest absolute Gasteiger partial charge is 0.385 e. The molecule has 1 saturated heterocycles. The summed E-state index contributed by atoms with van der Waals surface area (Å²) in [6.07, 6.45) is 3.07. The topological polar surface area (TPSA) is 74.2 Å². The van der Waals surface area contributed by atoms with Crippen molar-refractivity contribution in [3.8, 4) is 0 Å². The summed E-state index contributed by atoms with van der Waals surface area (Å²) in [6.45, 7) is 0.608. The fourth-order valence-electron chi connectivity index (χ4n) is 1.68. The monoisotopic (exact) mass is 243 g/mol. The molecule has 16 heavy (non-hydrogen) atoms. The zero-order valence-electron chi connectivity index (χ0n) is 9.39. The van der Waals surface area contributed by atoms with E-state index in [4.69, 9.17) is 15.0 Å². The lowest BCUT2D eigenvalue weighted by molar-refractivity contribution is 0.182. The maximum absolute atomic E-state index is 5.91. The van der Waals surface area contributed by atoms with Gasteiger partial charge < -0.3 is 15.0 Å². The van der Waals surface area contributed by atoms with Gasteiger partial charge in [0.1, 0.15) is 0 Å². The molecule has 5 nitrogen and oxygen atoms in total. The number of methoxy groups -OCH3 is 1. The maximum atomic E-state index is 5.91. The van der Waals surface area contributed by atoms with Crippen molar-refractivity contribution in [2.45, 2.75) is 30.6 Å². The van der Waals surface area contributed by atoms with Gasteiger partial charge in [-0.25, -0.2) is 0 Å². The molecule has 2 heterocycles. The summed E-state index contributed by atoms with van der Waals surface area (Å²) in [5.74, 6) is 2.51. The third-order valence-corrected chi connectivity index (χ3v) is 4.00. The first-order valence-electron chi connectivity index (χ1n) is 5.51. The summed E-state index contributed by atoms with van der Waals surface area (Å²) in [5.41, 5.74) is 5.91. The number of hydrogen-bond donors (Lipinski definition) is 1. The Morgan fingerprint density at radius 3 is 3.25 bits per heavy atom. The molecule has 2 unspecified atom stereocenters. The molecule has 0 radical (unpaired) electrons. The van der Waals surface area contributed by atoms with Crippen LogP contribution in [-0.4, -0.2) is 29.6 Å². The molecule has 2 N–H and O–H groups in total. The lowest BCUT2D eigenvalue weighted by atomic mass is 10.2. The van der Waals surface area contributed by atoms with Gasteiger partial charge in [-0.15, -0.1) is 0 Å². The lowest BCUT2D eigenvalue weighted by Crippen LogP contribution is -2.13. The fraction of sp³-hybridized carbons (Fsp3) is 0.800. The number of thioether (sulfide) groups is 1. The molecule has 1 fully saturated rings. The van der Waals surface area contributed by atoms with Crippen molar-refractivity contribution in [1.29, 1.82) is 0 Å². The summed E-state index contributed by atoms with van der Waals surface area (Å²) in [6, 6.07) is -0.215. The minimum atomic E-state index is -0.215. The molecule has 2 atom stereocenters. The van der Waals surface area contributed by atoms with Crippen molar-refractivity contribution in [3.05, 3.63) is 11.7 Å². The molecule has 1 aromatic rings. The van der Waals surface area contributed by atoms with E-state index in [1.165, 1.54) is 12.2 Å². The Labute approximate surface area is 99.1 Å². The quantitative estimate of drug-likeness (QED) is 0.848. The Morgan fingerprint density at radius 2 is 2.56 bits per heavy atom. The van der Waals surface area contributed by atoms with Gasteiger partial charge in [0.25, 0.3) is 0 Å². The molecule has 0 saturated carbocycles. The number of nitrogens with zero attached hydrogens (tertiary/aromatic N) is 2. The molecule has 1 aliphatic heterocycles. The third-order valence-electron chi connectivity index (χ3n) is 2.63. The van der Waals surface area contributed by atoms with Crippen LogP contribution < -0.4 is 5.73 Å². The van der Waals surface area contributed by atoms with Crippen molar-refractivity contribution >= 4 is 11.8 Å². The molecular formula is C10H17N3O2S. The summed E-state index contributed by atoms with van der Waals surface area (Å²) in [5, 5.41) is 4.40. The first-order chi connectivity index (χ1) is 7.81. The van der Waals surface area contributed by atoms with Gasteiger partial charge in [0.2, 0.25) is 5.89 Å². The maximum Gasteiger partial charge on any atom is 0.243 e. The van der Waals surface area contributed by atoms with Gasteiger partial charge in [-0.3, -0.25) is 0 Å². The second-order valence-corrected chi connectivity index (χ2v) is 5.19. The van der Waals surface area contributed by atoms with Crippen LogP contribution in [-0.2, 0) is 4.74 Å². The summed E-state index contributed by atoms with van der Waals surface area (Å²) >= 11 is 1.89. The normalized spacial score (nSPS) is 22.5. The van der Waals surface area contributed by atoms with Crippen LogP contribution in [0.4, 0.5) is 0 Å². The second-order valence-electron chi connectivity index (χ2n) is 3.88. The second kappa shape index (κ2) is 5.65. The first kappa shape index (κ1) is 11.9. The van der Waals surface area contributed by atoms with Crippen LogP contribution >= 0.6 is 11.8 Å². The van der Waals surface area contributed by atoms with Crippen LogP contribution in [0.15, 0.2) is 4.52 Å². The van der Waals surface area contributed by atoms with Gasteiger partial charge >= 0.3 is 0 Å². The Hall–Kier alpha value is -0.590. The first-order valence-corrected chi connectivity index (χ1v) is 6.55. The zero-order valence-corrected chi connectivity index (χ0v) is 10.2. The van der Waals surface area contributed by atoms with Gasteiger partial charge in [0.05, 0.1) is 11.3 Å². The molecule has 0 amide bonds. The SMILES string of the molecule is COCCC(N)c1nc(C2CCCS2)no1. The molecule has 1 aromatic heterocycles. The van der Waals surface area contributed by atoms with E-state index in [1.807, 2.05) is 11.8 Å². The Bertz CT molecular complexity index is 326. The van der Waals surface area contributed by atoms with Crippen molar-refractivity contribution in [2.24, 2.45) is 5.73 Å². The highest BCUT2D eigenvalue weighted by Crippen LogP contribution is 2.38. The highest BCUT2D eigenvalue weighted by molar-refractivity contribution is 7.99. The summed E-state index contributed by atoms with van der Waals surface area (Å²) < 4.78 is 10.1. The molecule has 0 spiro atoms. The third kappa shape index (κ3) is 2.75. The van der Waals surface area contributed by atoms with Gasteiger partial charge in [0, 0.05) is 13.7 Å². The van der Waals surface area contributed by atoms with E-state index in [0.717, 1.165) is 12.2 Å². The molecule has 1 aliphatic rings. The van der Waals surface area contributed by atoms with E-state index in [0.29, 0.717) is 24.2 Å². The number of aromatic nitrogens is 2. The number of nitrogens with two attached hydrogens (primary N) is 1. The minimum absolute atomic E-state index is 0.215. The average molecular weight is 243 g/mol. The lowest BCUT2D eigenvalue weighted by Gasteiger charge is -2.04. The van der Waals surface area contributed by atoms with Gasteiger partial charge in [-0.1, -0.05) is 5.16 Å². The smallest absolute Gasteiger partial charge is 0.243 e. The highest BCUT2D eigenvalue weighted by atomic mass is 32.2. The molecular weight excluding hydrogens is 226 g/mol. The van der Waals surface area contributed by atoms with Crippen LogP contribution in [0.25, 0.3) is 0 Å². The number of rotatable bonds is 5. The molecule has 2 rings (SSSR count). The predicted octanol–water partition coefficient (Wildman–Crippen LogP) is 1.67. The van der Waals surface area contributed by atoms with Crippen molar-refractivity contribution in [3.63, 3.8) is 0 Å². The van der Waals surface area contributed by atoms with E-state index in [1.54, 1.807) is 7.11 Å². The van der Waals surface area contributed by atoms with E-state index in [-0.39, 0.29) is 6.04 Å². The standard InChI is InChI=1S/C10H17N3O2S/c1-14-5-4-7(11)10-12-9(13-15-10)8-3-2-6-16-8/h7-8H,2-6,11H2,1H3. The average Bonchev–Trinajstić information content (AvgIpc) is 2.94. The fourth-order valence-corrected chi connectivity index (χ4v) is 2.87. The van der Waals surface area contributed by atoms with Crippen LogP contribution in [0, 0.1) is 0 Å². The molecule has 0 bridgehead atoms. The van der Waals surface area contributed by atoms with E-state index >= 15 is 0 Å². The zero-order chi connectivity index (χ0) is 11.4.